The molecule has 3 nitrogen and oxygen atoms in total. The summed E-state index contributed by atoms with van der Waals surface area (Å²) in [4.78, 5) is 23.2. The number of allylic oxidation sites excluding steroid dienone is 3. The van der Waals surface area contributed by atoms with Crippen LogP contribution in [0.3, 0.4) is 0 Å². The van der Waals surface area contributed by atoms with Crippen molar-refractivity contribution < 1.29 is 14.3 Å². The second-order valence-electron chi connectivity index (χ2n) is 5.16. The van der Waals surface area contributed by atoms with E-state index in [2.05, 4.69) is 18.7 Å². The van der Waals surface area contributed by atoms with E-state index >= 15 is 0 Å². The van der Waals surface area contributed by atoms with Crippen LogP contribution in [0.4, 0.5) is 0 Å². The van der Waals surface area contributed by atoms with Gasteiger partial charge in [0.05, 0.1) is 11.8 Å². The Labute approximate surface area is 94.2 Å². The number of esters is 2. The molecule has 0 aromatic heterocycles. The van der Waals surface area contributed by atoms with Crippen molar-refractivity contribution in [2.45, 2.75) is 13.3 Å². The average Bonchev–Trinajstić information content (AvgIpc) is 2.79. The molecule has 0 aromatic carbocycles. The molecule has 4 atom stereocenters. The molecular formula is C13H14O3. The van der Waals surface area contributed by atoms with Crippen LogP contribution >= 0.6 is 0 Å². The maximum atomic E-state index is 11.6. The summed E-state index contributed by atoms with van der Waals surface area (Å²) in [7, 11) is 0. The Kier molecular flexibility index (Phi) is 1.88. The van der Waals surface area contributed by atoms with Crippen molar-refractivity contribution in [2.24, 2.45) is 29.6 Å². The van der Waals surface area contributed by atoms with Gasteiger partial charge in [-0.25, -0.2) is 0 Å². The van der Waals surface area contributed by atoms with E-state index in [1.165, 1.54) is 0 Å². The van der Waals surface area contributed by atoms with Gasteiger partial charge in [-0.15, -0.1) is 6.58 Å². The number of hydrogen-bond donors (Lipinski definition) is 0. The lowest BCUT2D eigenvalue weighted by Crippen LogP contribution is -2.21. The van der Waals surface area contributed by atoms with Crippen molar-refractivity contribution in [1.29, 1.82) is 0 Å². The van der Waals surface area contributed by atoms with Gasteiger partial charge in [0.25, 0.3) is 0 Å². The third kappa shape index (κ3) is 1.09. The molecule has 1 saturated carbocycles. The fourth-order valence-electron chi connectivity index (χ4n) is 3.57. The maximum Gasteiger partial charge on any atom is 0.318 e. The minimum atomic E-state index is -0.321. The highest BCUT2D eigenvalue weighted by atomic mass is 16.6. The molecule has 0 radical (unpaired) electrons. The molecule has 0 N–H and O–H groups in total. The summed E-state index contributed by atoms with van der Waals surface area (Å²) < 4.78 is 4.72. The Morgan fingerprint density at radius 2 is 1.75 bits per heavy atom. The van der Waals surface area contributed by atoms with E-state index in [1.807, 2.05) is 6.92 Å². The van der Waals surface area contributed by atoms with Crippen LogP contribution in [0.2, 0.25) is 0 Å². The number of cyclic esters (lactones) is 2. The number of carbonyl (C=O) groups is 2. The van der Waals surface area contributed by atoms with E-state index in [0.717, 1.165) is 12.0 Å². The summed E-state index contributed by atoms with van der Waals surface area (Å²) >= 11 is 0. The fourth-order valence-corrected chi connectivity index (χ4v) is 3.57. The molecule has 16 heavy (non-hydrogen) atoms. The van der Waals surface area contributed by atoms with E-state index in [9.17, 15) is 9.59 Å². The molecular weight excluding hydrogens is 204 g/mol. The first-order valence-corrected chi connectivity index (χ1v) is 5.68. The van der Waals surface area contributed by atoms with Gasteiger partial charge < -0.3 is 4.74 Å². The van der Waals surface area contributed by atoms with Gasteiger partial charge in [-0.05, 0) is 31.1 Å². The zero-order chi connectivity index (χ0) is 11.4. The summed E-state index contributed by atoms with van der Waals surface area (Å²) in [5.41, 5.74) is 1.12. The Bertz CT molecular complexity index is 391. The van der Waals surface area contributed by atoms with E-state index in [1.54, 1.807) is 0 Å². The standard InChI is InChI=1S/C13H14O3/c1-6(2)5-9-7-3-4-8(9)11-10(7)12(14)16-13(11)15/h3-4,7-11H,1,5H2,2H3. The number of fused-ring (bicyclic) bond motifs is 5. The lowest BCUT2D eigenvalue weighted by molar-refractivity contribution is -0.155. The highest BCUT2D eigenvalue weighted by molar-refractivity contribution is 5.98. The van der Waals surface area contributed by atoms with E-state index in [-0.39, 0.29) is 35.6 Å². The lowest BCUT2D eigenvalue weighted by atomic mass is 9.85. The molecule has 3 heteroatoms. The van der Waals surface area contributed by atoms with Gasteiger partial charge in [0, 0.05) is 0 Å². The van der Waals surface area contributed by atoms with Crippen LogP contribution in [-0.4, -0.2) is 11.9 Å². The zero-order valence-electron chi connectivity index (χ0n) is 9.18. The van der Waals surface area contributed by atoms with Gasteiger partial charge in [0.2, 0.25) is 0 Å². The fraction of sp³-hybridized carbons (Fsp3) is 0.538. The average molecular weight is 218 g/mol. The lowest BCUT2D eigenvalue weighted by Gasteiger charge is -2.17. The highest BCUT2D eigenvalue weighted by Gasteiger charge is 2.62. The van der Waals surface area contributed by atoms with Gasteiger partial charge in [-0.2, -0.15) is 0 Å². The SMILES string of the molecule is C=C(C)CC1C2C=CC1C1C(=O)OC(=O)C21. The largest absolute Gasteiger partial charge is 0.393 e. The molecule has 1 aliphatic heterocycles. The summed E-state index contributed by atoms with van der Waals surface area (Å²) in [6, 6.07) is 0. The van der Waals surface area contributed by atoms with Crippen LogP contribution in [0.25, 0.3) is 0 Å². The maximum absolute atomic E-state index is 11.6. The molecule has 3 aliphatic rings. The van der Waals surface area contributed by atoms with Crippen LogP contribution in [0.15, 0.2) is 24.3 Å². The topological polar surface area (TPSA) is 43.4 Å². The monoisotopic (exact) mass is 218 g/mol. The van der Waals surface area contributed by atoms with Gasteiger partial charge in [0.15, 0.2) is 0 Å². The molecule has 2 fully saturated rings. The quantitative estimate of drug-likeness (QED) is 0.402. The summed E-state index contributed by atoms with van der Waals surface area (Å²) in [5, 5.41) is 0. The minimum Gasteiger partial charge on any atom is -0.393 e. The predicted molar refractivity (Wildman–Crippen MR) is 57.1 cm³/mol. The zero-order valence-corrected chi connectivity index (χ0v) is 9.18. The summed E-state index contributed by atoms with van der Waals surface area (Å²) in [5.74, 6) is -0.323. The highest BCUT2D eigenvalue weighted by Crippen LogP contribution is 2.56. The van der Waals surface area contributed by atoms with E-state index in [0.29, 0.717) is 5.92 Å². The molecule has 2 bridgehead atoms. The van der Waals surface area contributed by atoms with Crippen molar-refractivity contribution in [1.82, 2.24) is 0 Å². The van der Waals surface area contributed by atoms with Gasteiger partial charge in [-0.3, -0.25) is 9.59 Å². The number of hydrogen-bond acceptors (Lipinski definition) is 3. The van der Waals surface area contributed by atoms with Crippen molar-refractivity contribution in [3.8, 4) is 0 Å². The van der Waals surface area contributed by atoms with Crippen molar-refractivity contribution >= 4 is 11.9 Å². The number of rotatable bonds is 2. The molecule has 1 saturated heterocycles. The molecule has 0 aromatic rings. The van der Waals surface area contributed by atoms with Gasteiger partial charge >= 0.3 is 11.9 Å². The molecule has 2 aliphatic carbocycles. The van der Waals surface area contributed by atoms with Crippen LogP contribution in [0, 0.1) is 29.6 Å². The third-order valence-corrected chi connectivity index (χ3v) is 4.09. The second kappa shape index (κ2) is 3.06. The van der Waals surface area contributed by atoms with Crippen molar-refractivity contribution in [3.05, 3.63) is 24.3 Å². The number of ether oxygens (including phenoxy) is 1. The first-order valence-electron chi connectivity index (χ1n) is 5.68. The molecule has 0 amide bonds. The van der Waals surface area contributed by atoms with Gasteiger partial charge in [0.1, 0.15) is 0 Å². The predicted octanol–water partition coefficient (Wildman–Crippen LogP) is 1.70. The number of carbonyl (C=O) groups excluding carboxylic acids is 2. The summed E-state index contributed by atoms with van der Waals surface area (Å²) in [6.07, 6.45) is 5.06. The second-order valence-corrected chi connectivity index (χ2v) is 5.16. The normalized spacial score (nSPS) is 43.7. The van der Waals surface area contributed by atoms with E-state index in [4.69, 9.17) is 4.74 Å². The van der Waals surface area contributed by atoms with Crippen LogP contribution in [0.5, 0.6) is 0 Å². The smallest absolute Gasteiger partial charge is 0.318 e. The Morgan fingerprint density at radius 1 is 1.25 bits per heavy atom. The van der Waals surface area contributed by atoms with Crippen molar-refractivity contribution in [3.63, 3.8) is 0 Å². The molecule has 3 rings (SSSR count). The van der Waals surface area contributed by atoms with Crippen molar-refractivity contribution in [2.75, 3.05) is 0 Å². The Balaban J connectivity index is 1.93. The Morgan fingerprint density at radius 3 is 2.19 bits per heavy atom. The minimum absolute atomic E-state index is 0.186. The molecule has 84 valence electrons. The van der Waals surface area contributed by atoms with Gasteiger partial charge in [-0.1, -0.05) is 17.7 Å². The van der Waals surface area contributed by atoms with Crippen LogP contribution in [0.1, 0.15) is 13.3 Å². The molecule has 1 heterocycles. The first-order chi connectivity index (χ1) is 7.59. The Hall–Kier alpha value is -1.38. The first kappa shape index (κ1) is 9.82. The molecule has 0 spiro atoms. The molecule has 4 unspecified atom stereocenters. The van der Waals surface area contributed by atoms with Crippen LogP contribution < -0.4 is 0 Å². The van der Waals surface area contributed by atoms with E-state index < -0.39 is 0 Å². The summed E-state index contributed by atoms with van der Waals surface area (Å²) in [6.45, 7) is 5.91. The third-order valence-electron chi connectivity index (χ3n) is 4.09. The van der Waals surface area contributed by atoms with Crippen LogP contribution in [-0.2, 0) is 14.3 Å².